The molecule has 5 nitrogen and oxygen atoms in total. The van der Waals surface area contributed by atoms with E-state index >= 15 is 0 Å². The average Bonchev–Trinajstić information content (AvgIpc) is 2.00. The van der Waals surface area contributed by atoms with E-state index in [2.05, 4.69) is 10.8 Å². The fraction of sp³-hybridized carbons (Fsp3) is 0.571. The standard InChI is InChI=1S/C7H13NO4S/c1-3-4-13(10,11)12-5-6(2)7(8)9/h2-5H2,1H3,(H2,8,9). The highest BCUT2D eigenvalue weighted by Crippen LogP contribution is 1.99. The molecule has 0 aliphatic heterocycles. The van der Waals surface area contributed by atoms with Gasteiger partial charge >= 0.3 is 0 Å². The van der Waals surface area contributed by atoms with Crippen molar-refractivity contribution in [2.45, 2.75) is 13.3 Å². The minimum atomic E-state index is -3.53. The van der Waals surface area contributed by atoms with Crippen LogP contribution in [0.3, 0.4) is 0 Å². The third-order valence-electron chi connectivity index (χ3n) is 1.22. The molecule has 0 aromatic heterocycles. The smallest absolute Gasteiger partial charge is 0.267 e. The quantitative estimate of drug-likeness (QED) is 0.482. The first-order valence-electron chi connectivity index (χ1n) is 3.73. The summed E-state index contributed by atoms with van der Waals surface area (Å²) in [6.45, 7) is 4.60. The van der Waals surface area contributed by atoms with Crippen LogP contribution in [0.2, 0.25) is 0 Å². The number of primary amides is 1. The minimum Gasteiger partial charge on any atom is -0.366 e. The topological polar surface area (TPSA) is 86.5 Å². The molecular formula is C7H13NO4S. The van der Waals surface area contributed by atoms with Crippen molar-refractivity contribution in [2.75, 3.05) is 12.4 Å². The first kappa shape index (κ1) is 12.1. The Morgan fingerprint density at radius 1 is 1.54 bits per heavy atom. The van der Waals surface area contributed by atoms with Crippen LogP contribution in [-0.4, -0.2) is 26.7 Å². The average molecular weight is 207 g/mol. The van der Waals surface area contributed by atoms with Crippen molar-refractivity contribution in [1.82, 2.24) is 0 Å². The second kappa shape index (κ2) is 4.98. The Hall–Kier alpha value is -0.880. The first-order chi connectivity index (χ1) is 5.89. The van der Waals surface area contributed by atoms with Crippen molar-refractivity contribution in [3.05, 3.63) is 12.2 Å². The van der Waals surface area contributed by atoms with Crippen LogP contribution >= 0.6 is 0 Å². The van der Waals surface area contributed by atoms with Crippen LogP contribution in [-0.2, 0) is 19.1 Å². The second-order valence-corrected chi connectivity index (χ2v) is 4.25. The van der Waals surface area contributed by atoms with Crippen LogP contribution in [0.1, 0.15) is 13.3 Å². The van der Waals surface area contributed by atoms with Crippen molar-refractivity contribution in [3.8, 4) is 0 Å². The van der Waals surface area contributed by atoms with Crippen molar-refractivity contribution in [1.29, 1.82) is 0 Å². The zero-order valence-electron chi connectivity index (χ0n) is 7.45. The van der Waals surface area contributed by atoms with Gasteiger partial charge in [0.1, 0.15) is 0 Å². The third-order valence-corrected chi connectivity index (χ3v) is 2.60. The minimum absolute atomic E-state index is 0.0559. The largest absolute Gasteiger partial charge is 0.366 e. The molecule has 0 aromatic carbocycles. The Morgan fingerprint density at radius 2 is 2.08 bits per heavy atom. The maximum atomic E-state index is 10.9. The molecule has 0 rings (SSSR count). The molecular weight excluding hydrogens is 194 g/mol. The van der Waals surface area contributed by atoms with Crippen LogP contribution in [0.25, 0.3) is 0 Å². The molecule has 0 heterocycles. The van der Waals surface area contributed by atoms with Gasteiger partial charge in [-0.2, -0.15) is 8.42 Å². The monoisotopic (exact) mass is 207 g/mol. The van der Waals surface area contributed by atoms with Crippen molar-refractivity contribution in [3.63, 3.8) is 0 Å². The molecule has 0 aliphatic rings. The number of carbonyl (C=O) groups is 1. The highest BCUT2D eigenvalue weighted by atomic mass is 32.2. The molecule has 6 heteroatoms. The number of amides is 1. The van der Waals surface area contributed by atoms with Gasteiger partial charge in [0.25, 0.3) is 10.1 Å². The Balaban J connectivity index is 4.03. The molecule has 0 saturated carbocycles. The van der Waals surface area contributed by atoms with E-state index in [-0.39, 0.29) is 17.9 Å². The lowest BCUT2D eigenvalue weighted by Gasteiger charge is -2.03. The summed E-state index contributed by atoms with van der Waals surface area (Å²) < 4.78 is 26.3. The van der Waals surface area contributed by atoms with E-state index in [1.807, 2.05) is 0 Å². The molecule has 2 N–H and O–H groups in total. The van der Waals surface area contributed by atoms with Crippen LogP contribution in [0.4, 0.5) is 0 Å². The number of carbonyl (C=O) groups excluding carboxylic acids is 1. The summed E-state index contributed by atoms with van der Waals surface area (Å²) in [6.07, 6.45) is 0.464. The van der Waals surface area contributed by atoms with E-state index in [4.69, 9.17) is 5.73 Å². The predicted octanol–water partition coefficient (Wildman–Crippen LogP) is -0.216. The van der Waals surface area contributed by atoms with Gasteiger partial charge in [-0.25, -0.2) is 0 Å². The van der Waals surface area contributed by atoms with Crippen LogP contribution in [0.5, 0.6) is 0 Å². The fourth-order valence-electron chi connectivity index (χ4n) is 0.541. The molecule has 0 bridgehead atoms. The first-order valence-corrected chi connectivity index (χ1v) is 5.31. The Bertz CT molecular complexity index is 294. The van der Waals surface area contributed by atoms with Gasteiger partial charge in [0.05, 0.1) is 12.4 Å². The molecule has 0 saturated heterocycles. The number of hydrogen-bond acceptors (Lipinski definition) is 4. The summed E-state index contributed by atoms with van der Waals surface area (Å²) in [5.41, 5.74) is 4.77. The van der Waals surface area contributed by atoms with E-state index in [1.54, 1.807) is 6.92 Å². The summed E-state index contributed by atoms with van der Waals surface area (Å²) in [5.74, 6) is -0.828. The Morgan fingerprint density at radius 3 is 2.46 bits per heavy atom. The number of nitrogens with two attached hydrogens (primary N) is 1. The summed E-state index contributed by atoms with van der Waals surface area (Å²) in [4.78, 5) is 10.4. The zero-order chi connectivity index (χ0) is 10.5. The SMILES string of the molecule is C=C(COS(=O)(=O)CCC)C(N)=O. The highest BCUT2D eigenvalue weighted by molar-refractivity contribution is 7.86. The zero-order valence-corrected chi connectivity index (χ0v) is 8.26. The van der Waals surface area contributed by atoms with E-state index in [0.717, 1.165) is 0 Å². The number of rotatable bonds is 6. The molecule has 0 fully saturated rings. The van der Waals surface area contributed by atoms with Crippen molar-refractivity contribution >= 4 is 16.0 Å². The van der Waals surface area contributed by atoms with Gasteiger partial charge in [-0.3, -0.25) is 8.98 Å². The molecule has 0 aromatic rings. The van der Waals surface area contributed by atoms with Crippen molar-refractivity contribution in [2.24, 2.45) is 5.73 Å². The lowest BCUT2D eigenvalue weighted by atomic mass is 10.3. The fourth-order valence-corrected chi connectivity index (χ4v) is 1.48. The van der Waals surface area contributed by atoms with Gasteiger partial charge in [-0.1, -0.05) is 13.5 Å². The Kier molecular flexibility index (Phi) is 4.64. The second-order valence-electron chi connectivity index (χ2n) is 2.49. The van der Waals surface area contributed by atoms with E-state index < -0.39 is 16.0 Å². The highest BCUT2D eigenvalue weighted by Gasteiger charge is 2.11. The Labute approximate surface area is 77.7 Å². The molecule has 0 radical (unpaired) electrons. The van der Waals surface area contributed by atoms with E-state index in [1.165, 1.54) is 0 Å². The molecule has 0 unspecified atom stereocenters. The van der Waals surface area contributed by atoms with E-state index in [9.17, 15) is 13.2 Å². The van der Waals surface area contributed by atoms with Gasteiger partial charge in [0.2, 0.25) is 5.91 Å². The van der Waals surface area contributed by atoms with Gasteiger partial charge in [0, 0.05) is 5.57 Å². The van der Waals surface area contributed by atoms with Crippen LogP contribution in [0.15, 0.2) is 12.2 Å². The molecule has 0 aliphatic carbocycles. The molecule has 13 heavy (non-hydrogen) atoms. The van der Waals surface area contributed by atoms with Crippen LogP contribution < -0.4 is 5.73 Å². The lowest BCUT2D eigenvalue weighted by Crippen LogP contribution is -2.19. The van der Waals surface area contributed by atoms with E-state index in [0.29, 0.717) is 6.42 Å². The summed E-state index contributed by atoms with van der Waals surface area (Å²) >= 11 is 0. The molecule has 0 atom stereocenters. The number of hydrogen-bond donors (Lipinski definition) is 1. The third kappa shape index (κ3) is 5.37. The van der Waals surface area contributed by atoms with Gasteiger partial charge < -0.3 is 5.73 Å². The lowest BCUT2D eigenvalue weighted by molar-refractivity contribution is -0.114. The van der Waals surface area contributed by atoms with Crippen molar-refractivity contribution < 1.29 is 17.4 Å². The molecule has 1 amide bonds. The predicted molar refractivity (Wildman–Crippen MR) is 48.4 cm³/mol. The maximum Gasteiger partial charge on any atom is 0.267 e. The normalized spacial score (nSPS) is 11.2. The van der Waals surface area contributed by atoms with Crippen LogP contribution in [0, 0.1) is 0 Å². The van der Waals surface area contributed by atoms with Gasteiger partial charge in [0.15, 0.2) is 0 Å². The molecule has 76 valence electrons. The summed E-state index contributed by atoms with van der Waals surface area (Å²) in [6, 6.07) is 0. The summed E-state index contributed by atoms with van der Waals surface area (Å²) in [5, 5.41) is 0. The molecule has 0 spiro atoms. The van der Waals surface area contributed by atoms with Gasteiger partial charge in [-0.05, 0) is 6.42 Å². The maximum absolute atomic E-state index is 10.9. The van der Waals surface area contributed by atoms with Gasteiger partial charge in [-0.15, -0.1) is 0 Å². The summed E-state index contributed by atoms with van der Waals surface area (Å²) in [7, 11) is -3.53.